The van der Waals surface area contributed by atoms with Crippen molar-refractivity contribution in [3.8, 4) is 0 Å². The minimum absolute atomic E-state index is 0.101. The molecule has 156 valence electrons. The number of nitrogens with two attached hydrogens (primary N) is 1. The number of benzene rings is 1. The molecule has 0 radical (unpaired) electrons. The SMILES string of the molecule is Nc1ccc(SC(F)(F)C(F)(F)C(F)(F)C(F)(F)C(F)(F)C(F)(F)F)cc1. The Morgan fingerprint density at radius 1 is 0.556 bits per heavy atom. The molecule has 1 aromatic carbocycles. The van der Waals surface area contributed by atoms with Crippen LogP contribution in [0.1, 0.15) is 0 Å². The lowest BCUT2D eigenvalue weighted by Gasteiger charge is -2.39. The van der Waals surface area contributed by atoms with Crippen LogP contribution in [-0.4, -0.2) is 35.1 Å². The fourth-order valence-electron chi connectivity index (χ4n) is 1.50. The third-order valence-electron chi connectivity index (χ3n) is 3.03. The molecule has 0 saturated heterocycles. The number of hydrogen-bond donors (Lipinski definition) is 1. The molecule has 0 fully saturated rings. The predicted octanol–water partition coefficient (Wildman–Crippen LogP) is 6.06. The zero-order chi connectivity index (χ0) is 21.7. The number of rotatable bonds is 6. The minimum Gasteiger partial charge on any atom is -0.399 e. The monoisotopic (exact) mass is 443 g/mol. The molecule has 0 unspecified atom stereocenters. The van der Waals surface area contributed by atoms with Gasteiger partial charge in [-0.3, -0.25) is 0 Å². The van der Waals surface area contributed by atoms with Crippen molar-refractivity contribution in [2.75, 3.05) is 5.73 Å². The van der Waals surface area contributed by atoms with Crippen LogP contribution in [0.15, 0.2) is 29.2 Å². The first-order valence-corrected chi connectivity index (χ1v) is 7.04. The first-order chi connectivity index (χ1) is 11.7. The fraction of sp³-hybridized carbons (Fsp3) is 0.500. The lowest BCUT2D eigenvalue weighted by molar-refractivity contribution is -0.433. The van der Waals surface area contributed by atoms with E-state index in [2.05, 4.69) is 0 Å². The smallest absolute Gasteiger partial charge is 0.399 e. The first kappa shape index (κ1) is 23.5. The number of alkyl halides is 13. The fourth-order valence-corrected chi connectivity index (χ4v) is 2.33. The van der Waals surface area contributed by atoms with E-state index in [0.29, 0.717) is 12.1 Å². The van der Waals surface area contributed by atoms with Gasteiger partial charge < -0.3 is 5.73 Å². The van der Waals surface area contributed by atoms with Crippen LogP contribution in [0.5, 0.6) is 0 Å². The lowest BCUT2D eigenvalue weighted by atomic mass is 9.98. The maximum atomic E-state index is 13.5. The van der Waals surface area contributed by atoms with E-state index < -0.39 is 51.8 Å². The lowest BCUT2D eigenvalue weighted by Crippen LogP contribution is -2.69. The van der Waals surface area contributed by atoms with Crippen molar-refractivity contribution in [3.05, 3.63) is 24.3 Å². The van der Waals surface area contributed by atoms with Crippen molar-refractivity contribution in [1.29, 1.82) is 0 Å². The van der Waals surface area contributed by atoms with Crippen LogP contribution in [0.4, 0.5) is 62.8 Å². The molecule has 0 aromatic heterocycles. The molecule has 15 heteroatoms. The maximum absolute atomic E-state index is 13.5. The van der Waals surface area contributed by atoms with Gasteiger partial charge in [0.1, 0.15) is 0 Å². The summed E-state index contributed by atoms with van der Waals surface area (Å²) >= 11 is -1.46. The summed E-state index contributed by atoms with van der Waals surface area (Å²) in [6.45, 7) is 0. The molecule has 0 saturated carbocycles. The number of nitrogen functional groups attached to an aromatic ring is 1. The van der Waals surface area contributed by atoms with Crippen molar-refractivity contribution in [2.45, 2.75) is 40.0 Å². The van der Waals surface area contributed by atoms with Gasteiger partial charge in [-0.05, 0) is 36.0 Å². The second-order valence-corrected chi connectivity index (χ2v) is 6.17. The maximum Gasteiger partial charge on any atom is 0.460 e. The minimum atomic E-state index is -7.90. The second kappa shape index (κ2) is 6.51. The zero-order valence-electron chi connectivity index (χ0n) is 12.2. The highest BCUT2D eigenvalue weighted by molar-refractivity contribution is 8.00. The van der Waals surface area contributed by atoms with Gasteiger partial charge >= 0.3 is 35.1 Å². The molecular weight excluding hydrogens is 437 g/mol. The van der Waals surface area contributed by atoms with Crippen LogP contribution < -0.4 is 5.73 Å². The number of thioether (sulfide) groups is 1. The molecule has 1 aromatic rings. The van der Waals surface area contributed by atoms with Gasteiger partial charge in [-0.2, -0.15) is 57.1 Å². The number of halogens is 13. The second-order valence-electron chi connectivity index (χ2n) is 4.98. The molecule has 0 bridgehead atoms. The average molecular weight is 443 g/mol. The summed E-state index contributed by atoms with van der Waals surface area (Å²) < 4.78 is 168. The van der Waals surface area contributed by atoms with Crippen molar-refractivity contribution >= 4 is 17.4 Å². The van der Waals surface area contributed by atoms with Crippen LogP contribution in [0.3, 0.4) is 0 Å². The van der Waals surface area contributed by atoms with Crippen molar-refractivity contribution in [3.63, 3.8) is 0 Å². The number of hydrogen-bond acceptors (Lipinski definition) is 2. The van der Waals surface area contributed by atoms with E-state index in [4.69, 9.17) is 5.73 Å². The van der Waals surface area contributed by atoms with Gasteiger partial charge in [-0.1, -0.05) is 0 Å². The van der Waals surface area contributed by atoms with Crippen LogP contribution in [0, 0.1) is 0 Å². The van der Waals surface area contributed by atoms with Crippen LogP contribution in [0.2, 0.25) is 0 Å². The highest BCUT2D eigenvalue weighted by Gasteiger charge is 2.90. The van der Waals surface area contributed by atoms with E-state index in [1.807, 2.05) is 0 Å². The summed E-state index contributed by atoms with van der Waals surface area (Å²) in [6.07, 6.45) is -7.42. The number of anilines is 1. The van der Waals surface area contributed by atoms with Crippen molar-refractivity contribution in [2.24, 2.45) is 0 Å². The van der Waals surface area contributed by atoms with E-state index in [0.717, 1.165) is 12.1 Å². The van der Waals surface area contributed by atoms with Crippen molar-refractivity contribution < 1.29 is 57.1 Å². The predicted molar refractivity (Wildman–Crippen MR) is 67.5 cm³/mol. The zero-order valence-corrected chi connectivity index (χ0v) is 13.0. The molecule has 0 spiro atoms. The Morgan fingerprint density at radius 2 is 0.926 bits per heavy atom. The van der Waals surface area contributed by atoms with Gasteiger partial charge in [0.05, 0.1) is 0 Å². The third-order valence-corrected chi connectivity index (χ3v) is 4.05. The normalized spacial score (nSPS) is 15.1. The highest BCUT2D eigenvalue weighted by atomic mass is 32.2. The van der Waals surface area contributed by atoms with Gasteiger partial charge in [0.15, 0.2) is 0 Å². The average Bonchev–Trinajstić information content (AvgIpc) is 2.47. The molecule has 1 rings (SSSR count). The third kappa shape index (κ3) is 3.61. The molecule has 0 aliphatic heterocycles. The van der Waals surface area contributed by atoms with E-state index in [1.165, 1.54) is 0 Å². The summed E-state index contributed by atoms with van der Waals surface area (Å²) in [4.78, 5) is -0.935. The summed E-state index contributed by atoms with van der Waals surface area (Å²) in [7, 11) is 0. The topological polar surface area (TPSA) is 26.0 Å². The molecule has 0 heterocycles. The molecule has 0 amide bonds. The van der Waals surface area contributed by atoms with E-state index in [-0.39, 0.29) is 5.69 Å². The van der Waals surface area contributed by atoms with Crippen LogP contribution in [-0.2, 0) is 0 Å². The Hall–Kier alpha value is -1.54. The largest absolute Gasteiger partial charge is 0.460 e. The Morgan fingerprint density at radius 3 is 1.30 bits per heavy atom. The molecule has 0 aliphatic rings. The Bertz CT molecular complexity index is 665. The van der Waals surface area contributed by atoms with Gasteiger partial charge in [0, 0.05) is 10.6 Å². The van der Waals surface area contributed by atoms with E-state index in [1.54, 1.807) is 0 Å². The summed E-state index contributed by atoms with van der Waals surface area (Å²) in [5.41, 5.74) is 5.04. The highest BCUT2D eigenvalue weighted by Crippen LogP contribution is 2.62. The van der Waals surface area contributed by atoms with Gasteiger partial charge in [0.25, 0.3) is 0 Å². The first-order valence-electron chi connectivity index (χ1n) is 6.23. The van der Waals surface area contributed by atoms with E-state index in [9.17, 15) is 57.1 Å². The van der Waals surface area contributed by atoms with Crippen molar-refractivity contribution in [1.82, 2.24) is 0 Å². The molecule has 27 heavy (non-hydrogen) atoms. The van der Waals surface area contributed by atoms with Crippen LogP contribution in [0.25, 0.3) is 0 Å². The van der Waals surface area contributed by atoms with Gasteiger partial charge in [0.2, 0.25) is 0 Å². The molecule has 0 aliphatic carbocycles. The summed E-state index contributed by atoms with van der Waals surface area (Å²) in [5, 5.41) is -6.21. The van der Waals surface area contributed by atoms with Gasteiger partial charge in [-0.15, -0.1) is 0 Å². The standard InChI is InChI=1S/C12H6F13NS/c13-7(14,9(17,18)11(21,22)23)8(15,16)10(19,20)12(24,25)27-6-3-1-5(26)2-4-6/h1-4H,26H2. The van der Waals surface area contributed by atoms with Crippen LogP contribution >= 0.6 is 11.8 Å². The molecule has 2 N–H and O–H groups in total. The Balaban J connectivity index is 3.38. The summed E-state index contributed by atoms with van der Waals surface area (Å²) in [6, 6.07) is 2.79. The molecule has 0 atom stereocenters. The summed E-state index contributed by atoms with van der Waals surface area (Å²) in [5.74, 6) is -30.7. The Labute approximate surface area is 145 Å². The Kier molecular flexibility index (Phi) is 5.67. The van der Waals surface area contributed by atoms with Gasteiger partial charge in [-0.25, -0.2) is 0 Å². The molecule has 1 nitrogen and oxygen atoms in total. The molecular formula is C12H6F13NS. The quantitative estimate of drug-likeness (QED) is 0.329. The van der Waals surface area contributed by atoms with E-state index >= 15 is 0 Å².